The highest BCUT2D eigenvalue weighted by molar-refractivity contribution is 5.87. The Labute approximate surface area is 107 Å². The van der Waals surface area contributed by atoms with Crippen molar-refractivity contribution in [2.24, 2.45) is 5.41 Å². The van der Waals surface area contributed by atoms with Crippen molar-refractivity contribution in [3.05, 3.63) is 11.1 Å². The van der Waals surface area contributed by atoms with Crippen molar-refractivity contribution >= 4 is 5.97 Å². The fourth-order valence-corrected chi connectivity index (χ4v) is 1.01. The fourth-order valence-electron chi connectivity index (χ4n) is 1.01. The van der Waals surface area contributed by atoms with Crippen LogP contribution in [0.4, 0.5) is 0 Å². The zero-order valence-corrected chi connectivity index (χ0v) is 11.1. The molecule has 0 unspecified atom stereocenters. The molecule has 0 saturated carbocycles. The number of aliphatic hydroxyl groups is 3. The highest BCUT2D eigenvalue weighted by atomic mass is 17.2. The van der Waals surface area contributed by atoms with Gasteiger partial charge >= 0.3 is 5.97 Å². The van der Waals surface area contributed by atoms with Crippen LogP contribution in [0.2, 0.25) is 0 Å². The number of allylic oxidation sites excluding steroid dienone is 1. The number of aliphatic hydroxyl groups excluding tert-OH is 3. The number of carbonyl (C=O) groups excluding carboxylic acids is 1. The summed E-state index contributed by atoms with van der Waals surface area (Å²) in [6.45, 7) is 4.07. The Morgan fingerprint density at radius 1 is 1.06 bits per heavy atom. The van der Waals surface area contributed by atoms with Crippen LogP contribution in [0.5, 0.6) is 0 Å². The molecule has 0 spiro atoms. The molecular formula is C12H22O6. The first-order chi connectivity index (χ1) is 8.42. The Hall–Kier alpha value is -0.950. The summed E-state index contributed by atoms with van der Waals surface area (Å²) in [6, 6.07) is 0. The minimum Gasteiger partial charge on any atom is -0.396 e. The highest BCUT2D eigenvalue weighted by Crippen LogP contribution is 2.19. The van der Waals surface area contributed by atoms with Gasteiger partial charge < -0.3 is 15.3 Å². The standard InChI is InChI=1S/C12H22O6/c1-9(2)10(3)11(16)18-17-5-4-12(6-13,7-14)8-15/h13-15H,4-8H2,1-3H3. The normalized spacial score (nSPS) is 11.2. The second-order valence-corrected chi connectivity index (χ2v) is 4.54. The molecule has 0 radical (unpaired) electrons. The Bertz CT molecular complexity index is 281. The average Bonchev–Trinajstić information content (AvgIpc) is 2.38. The van der Waals surface area contributed by atoms with Crippen molar-refractivity contribution in [2.75, 3.05) is 26.4 Å². The summed E-state index contributed by atoms with van der Waals surface area (Å²) in [4.78, 5) is 20.6. The van der Waals surface area contributed by atoms with Gasteiger partial charge in [0.05, 0.1) is 26.4 Å². The molecule has 0 amide bonds. The molecule has 106 valence electrons. The van der Waals surface area contributed by atoms with Gasteiger partial charge in [-0.15, -0.1) is 0 Å². The first kappa shape index (κ1) is 17.1. The van der Waals surface area contributed by atoms with E-state index in [1.165, 1.54) is 0 Å². The van der Waals surface area contributed by atoms with Crippen LogP contribution in [0.3, 0.4) is 0 Å². The van der Waals surface area contributed by atoms with Gasteiger partial charge in [0.2, 0.25) is 0 Å². The number of rotatable bonds is 8. The molecule has 0 aliphatic rings. The third-order valence-electron chi connectivity index (χ3n) is 2.91. The topological polar surface area (TPSA) is 96.2 Å². The van der Waals surface area contributed by atoms with Crippen molar-refractivity contribution in [1.29, 1.82) is 0 Å². The smallest absolute Gasteiger partial charge is 0.368 e. The van der Waals surface area contributed by atoms with Crippen molar-refractivity contribution in [2.45, 2.75) is 27.2 Å². The minimum atomic E-state index is -1.02. The summed E-state index contributed by atoms with van der Waals surface area (Å²) < 4.78 is 0. The van der Waals surface area contributed by atoms with Crippen LogP contribution in [0.25, 0.3) is 0 Å². The molecule has 0 aromatic carbocycles. The molecule has 0 aliphatic heterocycles. The van der Waals surface area contributed by atoms with Gasteiger partial charge in [-0.05, 0) is 27.2 Å². The quantitative estimate of drug-likeness (QED) is 0.250. The van der Waals surface area contributed by atoms with Crippen LogP contribution in [0, 0.1) is 5.41 Å². The molecule has 6 heteroatoms. The first-order valence-electron chi connectivity index (χ1n) is 5.73. The molecule has 0 saturated heterocycles. The van der Waals surface area contributed by atoms with Crippen molar-refractivity contribution < 1.29 is 29.9 Å². The molecule has 3 N–H and O–H groups in total. The lowest BCUT2D eigenvalue weighted by Crippen LogP contribution is -2.35. The molecule has 0 bridgehead atoms. The first-order valence-corrected chi connectivity index (χ1v) is 5.73. The summed E-state index contributed by atoms with van der Waals surface area (Å²) in [5.41, 5.74) is 0.282. The lowest BCUT2D eigenvalue weighted by molar-refractivity contribution is -0.272. The molecule has 0 heterocycles. The number of hydrogen-bond donors (Lipinski definition) is 3. The van der Waals surface area contributed by atoms with Crippen molar-refractivity contribution in [3.8, 4) is 0 Å². The van der Waals surface area contributed by atoms with Crippen LogP contribution >= 0.6 is 0 Å². The number of hydrogen-bond acceptors (Lipinski definition) is 6. The predicted octanol–water partition coefficient (Wildman–Crippen LogP) is 0.171. The molecule has 6 nitrogen and oxygen atoms in total. The second kappa shape index (κ2) is 8.20. The number of carbonyl (C=O) groups is 1. The summed E-state index contributed by atoms with van der Waals surface area (Å²) >= 11 is 0. The van der Waals surface area contributed by atoms with E-state index in [4.69, 9.17) is 20.2 Å². The third kappa shape index (κ3) is 5.14. The van der Waals surface area contributed by atoms with E-state index in [1.807, 2.05) is 0 Å². The molecule has 0 aromatic heterocycles. The van der Waals surface area contributed by atoms with Gasteiger partial charge in [-0.2, -0.15) is 4.89 Å². The van der Waals surface area contributed by atoms with E-state index >= 15 is 0 Å². The molecule has 0 atom stereocenters. The van der Waals surface area contributed by atoms with Crippen LogP contribution in [0.15, 0.2) is 11.1 Å². The van der Waals surface area contributed by atoms with Gasteiger partial charge in [0, 0.05) is 11.0 Å². The third-order valence-corrected chi connectivity index (χ3v) is 2.91. The largest absolute Gasteiger partial charge is 0.396 e. The lowest BCUT2D eigenvalue weighted by atomic mass is 9.88. The van der Waals surface area contributed by atoms with Gasteiger partial charge in [-0.1, -0.05) is 5.57 Å². The van der Waals surface area contributed by atoms with E-state index in [0.29, 0.717) is 5.57 Å². The van der Waals surface area contributed by atoms with Gasteiger partial charge in [-0.25, -0.2) is 4.79 Å². The molecule has 0 aromatic rings. The van der Waals surface area contributed by atoms with Gasteiger partial charge in [-0.3, -0.25) is 4.89 Å². The summed E-state index contributed by atoms with van der Waals surface area (Å²) in [7, 11) is 0. The zero-order valence-electron chi connectivity index (χ0n) is 11.1. The Morgan fingerprint density at radius 3 is 1.94 bits per heavy atom. The van der Waals surface area contributed by atoms with Crippen molar-refractivity contribution in [3.63, 3.8) is 0 Å². The maximum absolute atomic E-state index is 11.4. The SMILES string of the molecule is CC(C)=C(C)C(=O)OOCCC(CO)(CO)CO. The van der Waals surface area contributed by atoms with E-state index in [2.05, 4.69) is 4.89 Å². The molecule has 0 rings (SSSR count). The van der Waals surface area contributed by atoms with Crippen LogP contribution in [0.1, 0.15) is 27.2 Å². The average molecular weight is 262 g/mol. The van der Waals surface area contributed by atoms with E-state index in [9.17, 15) is 4.79 Å². The highest BCUT2D eigenvalue weighted by Gasteiger charge is 2.28. The van der Waals surface area contributed by atoms with Gasteiger partial charge in [0.25, 0.3) is 0 Å². The van der Waals surface area contributed by atoms with Crippen LogP contribution in [-0.2, 0) is 14.6 Å². The zero-order chi connectivity index (χ0) is 14.2. The maximum atomic E-state index is 11.4. The summed E-state index contributed by atoms with van der Waals surface area (Å²) in [5, 5.41) is 27.2. The Kier molecular flexibility index (Phi) is 7.77. The summed E-state index contributed by atoms with van der Waals surface area (Å²) in [6.07, 6.45) is 0.178. The molecule has 0 aliphatic carbocycles. The predicted molar refractivity (Wildman–Crippen MR) is 64.4 cm³/mol. The molecule has 18 heavy (non-hydrogen) atoms. The van der Waals surface area contributed by atoms with Gasteiger partial charge in [0.1, 0.15) is 0 Å². The van der Waals surface area contributed by atoms with E-state index < -0.39 is 11.4 Å². The molecular weight excluding hydrogens is 240 g/mol. The lowest BCUT2D eigenvalue weighted by Gasteiger charge is -2.26. The van der Waals surface area contributed by atoms with E-state index in [1.54, 1.807) is 20.8 Å². The van der Waals surface area contributed by atoms with Crippen LogP contribution < -0.4 is 0 Å². The summed E-state index contributed by atoms with van der Waals surface area (Å²) in [5.74, 6) is -0.572. The van der Waals surface area contributed by atoms with E-state index in [-0.39, 0.29) is 32.8 Å². The minimum absolute atomic E-state index is 0.0105. The maximum Gasteiger partial charge on any atom is 0.368 e. The monoisotopic (exact) mass is 262 g/mol. The van der Waals surface area contributed by atoms with E-state index in [0.717, 1.165) is 5.57 Å². The molecule has 0 fully saturated rings. The van der Waals surface area contributed by atoms with Crippen molar-refractivity contribution in [1.82, 2.24) is 0 Å². The Balaban J connectivity index is 4.07. The second-order valence-electron chi connectivity index (χ2n) is 4.54. The fraction of sp³-hybridized carbons (Fsp3) is 0.750. The Morgan fingerprint density at radius 2 is 1.56 bits per heavy atom. The van der Waals surface area contributed by atoms with Crippen LogP contribution in [-0.4, -0.2) is 47.7 Å². The van der Waals surface area contributed by atoms with Gasteiger partial charge in [0.15, 0.2) is 0 Å².